The van der Waals surface area contributed by atoms with Crippen LogP contribution in [0.5, 0.6) is 0 Å². The van der Waals surface area contributed by atoms with Gasteiger partial charge in [0.05, 0.1) is 6.61 Å². The highest BCUT2D eigenvalue weighted by Crippen LogP contribution is 2.30. The van der Waals surface area contributed by atoms with Crippen LogP contribution in [-0.4, -0.2) is 27.7 Å². The summed E-state index contributed by atoms with van der Waals surface area (Å²) in [5.41, 5.74) is 3.09. The number of pyridine rings is 1. The third-order valence-electron chi connectivity index (χ3n) is 5.12. The van der Waals surface area contributed by atoms with Crippen molar-refractivity contribution in [1.82, 2.24) is 9.47 Å². The molecule has 2 heterocycles. The minimum atomic E-state index is -0.148. The van der Waals surface area contributed by atoms with E-state index in [1.807, 2.05) is 10.6 Å². The summed E-state index contributed by atoms with van der Waals surface area (Å²) >= 11 is 0. The molecule has 1 fully saturated rings. The van der Waals surface area contributed by atoms with E-state index in [0.29, 0.717) is 11.6 Å². The zero-order chi connectivity index (χ0) is 14.8. The SMILES string of the molecule is CCN1CCc2c(cc(CO)c(=O)n2C2CCCCC2)C1. The highest BCUT2D eigenvalue weighted by molar-refractivity contribution is 5.29. The van der Waals surface area contributed by atoms with Crippen LogP contribution < -0.4 is 5.56 Å². The van der Waals surface area contributed by atoms with Crippen molar-refractivity contribution in [3.8, 4) is 0 Å². The number of aliphatic hydroxyl groups is 1. The van der Waals surface area contributed by atoms with E-state index < -0.39 is 0 Å². The van der Waals surface area contributed by atoms with Crippen LogP contribution in [0.1, 0.15) is 61.9 Å². The van der Waals surface area contributed by atoms with E-state index in [1.165, 1.54) is 30.5 Å². The Hall–Kier alpha value is -1.13. The van der Waals surface area contributed by atoms with Crippen molar-refractivity contribution in [1.29, 1.82) is 0 Å². The van der Waals surface area contributed by atoms with Crippen LogP contribution in [0.25, 0.3) is 0 Å². The third kappa shape index (κ3) is 2.79. The molecule has 2 aliphatic rings. The fourth-order valence-electron chi connectivity index (χ4n) is 3.90. The number of rotatable bonds is 3. The van der Waals surface area contributed by atoms with E-state index >= 15 is 0 Å². The second-order valence-corrected chi connectivity index (χ2v) is 6.39. The molecule has 0 aromatic carbocycles. The second kappa shape index (κ2) is 6.32. The molecule has 0 atom stereocenters. The van der Waals surface area contributed by atoms with Crippen molar-refractivity contribution in [2.24, 2.45) is 0 Å². The number of hydrogen-bond donors (Lipinski definition) is 1. The average Bonchev–Trinajstić information content (AvgIpc) is 2.54. The molecule has 0 bridgehead atoms. The van der Waals surface area contributed by atoms with Gasteiger partial charge >= 0.3 is 0 Å². The van der Waals surface area contributed by atoms with Crippen LogP contribution in [0.2, 0.25) is 0 Å². The lowest BCUT2D eigenvalue weighted by atomic mass is 9.93. The van der Waals surface area contributed by atoms with E-state index in [1.54, 1.807) is 0 Å². The Morgan fingerprint density at radius 3 is 2.71 bits per heavy atom. The quantitative estimate of drug-likeness (QED) is 0.928. The monoisotopic (exact) mass is 290 g/mol. The van der Waals surface area contributed by atoms with Gasteiger partial charge in [-0.25, -0.2) is 0 Å². The molecule has 4 heteroatoms. The molecule has 1 saturated carbocycles. The lowest BCUT2D eigenvalue weighted by molar-refractivity contribution is 0.247. The fourth-order valence-corrected chi connectivity index (χ4v) is 3.90. The predicted molar refractivity (Wildman–Crippen MR) is 83.4 cm³/mol. The Morgan fingerprint density at radius 1 is 1.29 bits per heavy atom. The van der Waals surface area contributed by atoms with Crippen molar-refractivity contribution in [2.45, 2.75) is 64.6 Å². The molecule has 0 saturated heterocycles. The highest BCUT2D eigenvalue weighted by Gasteiger charge is 2.25. The Kier molecular flexibility index (Phi) is 4.45. The van der Waals surface area contributed by atoms with E-state index in [-0.39, 0.29) is 12.2 Å². The summed E-state index contributed by atoms with van der Waals surface area (Å²) in [6.07, 6.45) is 6.90. The van der Waals surface area contributed by atoms with E-state index in [2.05, 4.69) is 11.8 Å². The molecule has 21 heavy (non-hydrogen) atoms. The average molecular weight is 290 g/mol. The standard InChI is InChI=1S/C17H26N2O2/c1-2-18-9-8-16-13(11-18)10-14(12-20)17(21)19(16)15-6-4-3-5-7-15/h10,15,20H,2-9,11-12H2,1H3. The summed E-state index contributed by atoms with van der Waals surface area (Å²) in [5, 5.41) is 9.54. The number of aliphatic hydroxyl groups excluding tert-OH is 1. The van der Waals surface area contributed by atoms with Gasteiger partial charge in [0.2, 0.25) is 0 Å². The number of hydrogen-bond acceptors (Lipinski definition) is 3. The maximum atomic E-state index is 12.7. The van der Waals surface area contributed by atoms with Crippen LogP contribution in [0, 0.1) is 0 Å². The van der Waals surface area contributed by atoms with Gasteiger partial charge < -0.3 is 9.67 Å². The van der Waals surface area contributed by atoms with E-state index in [9.17, 15) is 9.90 Å². The molecule has 116 valence electrons. The first-order chi connectivity index (χ1) is 10.2. The summed E-state index contributed by atoms with van der Waals surface area (Å²) in [5.74, 6) is 0. The fraction of sp³-hybridized carbons (Fsp3) is 0.706. The summed E-state index contributed by atoms with van der Waals surface area (Å²) in [7, 11) is 0. The maximum Gasteiger partial charge on any atom is 0.256 e. The van der Waals surface area contributed by atoms with Crippen molar-refractivity contribution in [3.05, 3.63) is 33.2 Å². The minimum Gasteiger partial charge on any atom is -0.391 e. The predicted octanol–water partition coefficient (Wildman–Crippen LogP) is 2.22. The Morgan fingerprint density at radius 2 is 2.05 bits per heavy atom. The topological polar surface area (TPSA) is 45.5 Å². The zero-order valence-corrected chi connectivity index (χ0v) is 13.0. The van der Waals surface area contributed by atoms with Crippen LogP contribution in [0.3, 0.4) is 0 Å². The van der Waals surface area contributed by atoms with Gasteiger partial charge in [0.15, 0.2) is 0 Å². The van der Waals surface area contributed by atoms with E-state index in [0.717, 1.165) is 38.9 Å². The molecule has 1 N–H and O–H groups in total. The van der Waals surface area contributed by atoms with Crippen molar-refractivity contribution in [2.75, 3.05) is 13.1 Å². The molecule has 0 unspecified atom stereocenters. The van der Waals surface area contributed by atoms with E-state index in [4.69, 9.17) is 0 Å². The molecule has 0 radical (unpaired) electrons. The largest absolute Gasteiger partial charge is 0.391 e. The molecule has 1 aliphatic carbocycles. The second-order valence-electron chi connectivity index (χ2n) is 6.39. The molecule has 0 amide bonds. The molecule has 3 rings (SSSR count). The van der Waals surface area contributed by atoms with Crippen LogP contribution in [-0.2, 0) is 19.6 Å². The van der Waals surface area contributed by atoms with Gasteiger partial charge in [0, 0.05) is 36.8 Å². The van der Waals surface area contributed by atoms with Gasteiger partial charge in [-0.05, 0) is 31.0 Å². The van der Waals surface area contributed by atoms with Crippen LogP contribution >= 0.6 is 0 Å². The Bertz CT molecular complexity index is 559. The van der Waals surface area contributed by atoms with Gasteiger partial charge in [-0.3, -0.25) is 9.69 Å². The molecular formula is C17H26N2O2. The lowest BCUT2D eigenvalue weighted by Gasteiger charge is -2.34. The summed E-state index contributed by atoms with van der Waals surface area (Å²) in [4.78, 5) is 15.1. The molecule has 4 nitrogen and oxygen atoms in total. The highest BCUT2D eigenvalue weighted by atomic mass is 16.3. The third-order valence-corrected chi connectivity index (χ3v) is 5.12. The van der Waals surface area contributed by atoms with Gasteiger partial charge in [-0.1, -0.05) is 26.2 Å². The molecule has 1 aromatic rings. The zero-order valence-electron chi connectivity index (χ0n) is 13.0. The molecule has 0 spiro atoms. The smallest absolute Gasteiger partial charge is 0.256 e. The summed E-state index contributed by atoms with van der Waals surface area (Å²) in [6.45, 7) is 5.01. The van der Waals surface area contributed by atoms with Gasteiger partial charge in [0.25, 0.3) is 5.56 Å². The maximum absolute atomic E-state index is 12.7. The number of likely N-dealkylation sites (N-methyl/N-ethyl adjacent to an activating group) is 1. The first kappa shape index (κ1) is 14.8. The molecular weight excluding hydrogens is 264 g/mol. The number of fused-ring (bicyclic) bond motifs is 1. The first-order valence-electron chi connectivity index (χ1n) is 8.34. The van der Waals surface area contributed by atoms with Gasteiger partial charge in [-0.2, -0.15) is 0 Å². The number of nitrogens with zero attached hydrogens (tertiary/aromatic N) is 2. The van der Waals surface area contributed by atoms with Gasteiger partial charge in [0.1, 0.15) is 0 Å². The van der Waals surface area contributed by atoms with Crippen molar-refractivity contribution >= 4 is 0 Å². The summed E-state index contributed by atoms with van der Waals surface area (Å²) < 4.78 is 2.05. The van der Waals surface area contributed by atoms with Crippen LogP contribution in [0.15, 0.2) is 10.9 Å². The van der Waals surface area contributed by atoms with Crippen molar-refractivity contribution in [3.63, 3.8) is 0 Å². The Balaban J connectivity index is 2.06. The normalized spacial score (nSPS) is 20.5. The molecule has 1 aromatic heterocycles. The van der Waals surface area contributed by atoms with Crippen molar-refractivity contribution < 1.29 is 5.11 Å². The summed E-state index contributed by atoms with van der Waals surface area (Å²) in [6, 6.07) is 2.29. The first-order valence-corrected chi connectivity index (χ1v) is 8.34. The minimum absolute atomic E-state index is 0.0492. The lowest BCUT2D eigenvalue weighted by Crippen LogP contribution is -2.38. The Labute approximate surface area is 126 Å². The van der Waals surface area contributed by atoms with Gasteiger partial charge in [-0.15, -0.1) is 0 Å². The number of aromatic nitrogens is 1. The molecule has 1 aliphatic heterocycles. The van der Waals surface area contributed by atoms with Crippen LogP contribution in [0.4, 0.5) is 0 Å².